The SMILES string of the molecule is Cc1ccc(C(=O)NCc2ccc(OCC(F)(F)F)nc2C)c(CCNC(=O)C2CC2)n1. The Balaban J connectivity index is 1.58. The van der Waals surface area contributed by atoms with E-state index in [-0.39, 0.29) is 30.2 Å². The molecule has 32 heavy (non-hydrogen) atoms. The fraction of sp³-hybridized carbons (Fsp3) is 0.455. The van der Waals surface area contributed by atoms with Crippen molar-refractivity contribution in [3.05, 3.63) is 52.5 Å². The summed E-state index contributed by atoms with van der Waals surface area (Å²) in [6, 6.07) is 6.33. The Kier molecular flexibility index (Phi) is 7.32. The number of pyridine rings is 2. The van der Waals surface area contributed by atoms with Gasteiger partial charge in [-0.1, -0.05) is 6.07 Å². The number of hydrogen-bond acceptors (Lipinski definition) is 5. The number of ether oxygens (including phenoxy) is 1. The molecule has 7 nitrogen and oxygen atoms in total. The first-order chi connectivity index (χ1) is 15.1. The third-order valence-corrected chi connectivity index (χ3v) is 4.96. The Labute approximate surface area is 183 Å². The highest BCUT2D eigenvalue weighted by atomic mass is 19.4. The zero-order valence-corrected chi connectivity index (χ0v) is 17.9. The van der Waals surface area contributed by atoms with E-state index in [0.717, 1.165) is 18.5 Å². The third kappa shape index (κ3) is 6.93. The summed E-state index contributed by atoms with van der Waals surface area (Å²) in [7, 11) is 0. The van der Waals surface area contributed by atoms with Crippen LogP contribution in [0.15, 0.2) is 24.3 Å². The molecule has 2 aromatic rings. The van der Waals surface area contributed by atoms with Crippen molar-refractivity contribution in [2.75, 3.05) is 13.2 Å². The van der Waals surface area contributed by atoms with E-state index in [1.54, 1.807) is 25.1 Å². The Morgan fingerprint density at radius 3 is 2.50 bits per heavy atom. The fourth-order valence-corrected chi connectivity index (χ4v) is 3.06. The Morgan fingerprint density at radius 1 is 1.09 bits per heavy atom. The molecule has 0 spiro atoms. The number of aryl methyl sites for hydroxylation is 2. The summed E-state index contributed by atoms with van der Waals surface area (Å²) >= 11 is 0. The van der Waals surface area contributed by atoms with Gasteiger partial charge in [-0.25, -0.2) is 4.98 Å². The van der Waals surface area contributed by atoms with Gasteiger partial charge in [0.15, 0.2) is 6.61 Å². The lowest BCUT2D eigenvalue weighted by molar-refractivity contribution is -0.154. The van der Waals surface area contributed by atoms with Crippen LogP contribution in [0, 0.1) is 19.8 Å². The molecule has 0 atom stereocenters. The van der Waals surface area contributed by atoms with Crippen LogP contribution in [0.3, 0.4) is 0 Å². The molecular weight excluding hydrogens is 425 g/mol. The summed E-state index contributed by atoms with van der Waals surface area (Å²) < 4.78 is 41.5. The Hall–Kier alpha value is -3.17. The maximum Gasteiger partial charge on any atom is 0.422 e. The number of carbonyl (C=O) groups is 2. The van der Waals surface area contributed by atoms with Gasteiger partial charge >= 0.3 is 6.18 Å². The lowest BCUT2D eigenvalue weighted by Crippen LogP contribution is -2.29. The zero-order chi connectivity index (χ0) is 23.3. The summed E-state index contributed by atoms with van der Waals surface area (Å²) in [5.41, 5.74) is 2.86. The summed E-state index contributed by atoms with van der Waals surface area (Å²) in [6.45, 7) is 2.58. The topological polar surface area (TPSA) is 93.2 Å². The summed E-state index contributed by atoms with van der Waals surface area (Å²) in [6.07, 6.45) is -2.17. The molecule has 0 aliphatic heterocycles. The van der Waals surface area contributed by atoms with E-state index in [4.69, 9.17) is 0 Å². The van der Waals surface area contributed by atoms with Crippen LogP contribution in [0.1, 0.15) is 45.8 Å². The lowest BCUT2D eigenvalue weighted by Gasteiger charge is -2.13. The fourth-order valence-electron chi connectivity index (χ4n) is 3.06. The summed E-state index contributed by atoms with van der Waals surface area (Å²) in [5.74, 6) is -0.314. The second kappa shape index (κ2) is 9.97. The number of carbonyl (C=O) groups excluding carboxylic acids is 2. The molecule has 0 bridgehead atoms. The molecule has 3 rings (SSSR count). The lowest BCUT2D eigenvalue weighted by atomic mass is 10.1. The zero-order valence-electron chi connectivity index (χ0n) is 17.9. The standard InChI is InChI=1S/C22H25F3N4O3/c1-13-3-7-17(18(28-13)9-10-26-20(30)15-4-5-15)21(31)27-11-16-6-8-19(29-14(16)2)32-12-22(23,24)25/h3,6-8,15H,4-5,9-12H2,1-2H3,(H,26,30)(H,27,31). The second-order valence-corrected chi connectivity index (χ2v) is 7.74. The molecule has 2 aromatic heterocycles. The molecule has 172 valence electrons. The molecule has 10 heteroatoms. The van der Waals surface area contributed by atoms with Crippen molar-refractivity contribution in [3.63, 3.8) is 0 Å². The molecule has 2 heterocycles. The third-order valence-electron chi connectivity index (χ3n) is 4.96. The minimum absolute atomic E-state index is 0.0364. The van der Waals surface area contributed by atoms with Crippen molar-refractivity contribution >= 4 is 11.8 Å². The highest BCUT2D eigenvalue weighted by molar-refractivity contribution is 5.95. The molecule has 2 N–H and O–H groups in total. The first-order valence-corrected chi connectivity index (χ1v) is 10.3. The van der Waals surface area contributed by atoms with Gasteiger partial charge in [0.05, 0.1) is 11.3 Å². The molecule has 1 saturated carbocycles. The quantitative estimate of drug-likeness (QED) is 0.613. The predicted molar refractivity (Wildman–Crippen MR) is 110 cm³/mol. The summed E-state index contributed by atoms with van der Waals surface area (Å²) in [5, 5.41) is 5.66. The van der Waals surface area contributed by atoms with E-state index < -0.39 is 12.8 Å². The number of amides is 2. The number of rotatable bonds is 9. The smallest absolute Gasteiger partial charge is 0.422 e. The van der Waals surface area contributed by atoms with Crippen LogP contribution in [0.25, 0.3) is 0 Å². The van der Waals surface area contributed by atoms with Crippen LogP contribution < -0.4 is 15.4 Å². The average Bonchev–Trinajstić information content (AvgIpc) is 3.56. The van der Waals surface area contributed by atoms with Gasteiger partial charge in [0, 0.05) is 42.9 Å². The van der Waals surface area contributed by atoms with E-state index in [1.807, 2.05) is 6.92 Å². The highest BCUT2D eigenvalue weighted by Crippen LogP contribution is 2.28. The van der Waals surface area contributed by atoms with E-state index >= 15 is 0 Å². The van der Waals surface area contributed by atoms with Gasteiger partial charge in [-0.2, -0.15) is 13.2 Å². The molecule has 1 aliphatic rings. The van der Waals surface area contributed by atoms with Crippen molar-refractivity contribution in [3.8, 4) is 5.88 Å². The molecular formula is C22H25F3N4O3. The first-order valence-electron chi connectivity index (χ1n) is 10.3. The number of nitrogens with one attached hydrogen (secondary N) is 2. The molecule has 0 saturated heterocycles. The second-order valence-electron chi connectivity index (χ2n) is 7.74. The van der Waals surface area contributed by atoms with Gasteiger partial charge in [-0.15, -0.1) is 0 Å². The largest absolute Gasteiger partial charge is 0.468 e. The van der Waals surface area contributed by atoms with Crippen molar-refractivity contribution in [1.82, 2.24) is 20.6 Å². The Morgan fingerprint density at radius 2 is 1.84 bits per heavy atom. The number of halogens is 3. The van der Waals surface area contributed by atoms with Crippen LogP contribution in [0.2, 0.25) is 0 Å². The first kappa shape index (κ1) is 23.5. The van der Waals surface area contributed by atoms with E-state index in [0.29, 0.717) is 35.5 Å². The predicted octanol–water partition coefficient (Wildman–Crippen LogP) is 3.03. The van der Waals surface area contributed by atoms with E-state index in [9.17, 15) is 22.8 Å². The molecule has 1 aliphatic carbocycles. The monoisotopic (exact) mass is 450 g/mol. The van der Waals surface area contributed by atoms with Crippen molar-refractivity contribution in [1.29, 1.82) is 0 Å². The molecule has 0 aromatic carbocycles. The van der Waals surface area contributed by atoms with Gasteiger partial charge in [0.25, 0.3) is 5.91 Å². The average molecular weight is 450 g/mol. The molecule has 2 amide bonds. The highest BCUT2D eigenvalue weighted by Gasteiger charge is 2.29. The molecule has 0 radical (unpaired) electrons. The maximum absolute atomic E-state index is 12.7. The summed E-state index contributed by atoms with van der Waals surface area (Å²) in [4.78, 5) is 33.0. The van der Waals surface area contributed by atoms with E-state index in [2.05, 4.69) is 25.3 Å². The van der Waals surface area contributed by atoms with Gasteiger partial charge in [0.2, 0.25) is 11.8 Å². The van der Waals surface area contributed by atoms with Crippen molar-refractivity contribution < 1.29 is 27.5 Å². The van der Waals surface area contributed by atoms with Gasteiger partial charge in [0.1, 0.15) is 0 Å². The van der Waals surface area contributed by atoms with Crippen molar-refractivity contribution in [2.24, 2.45) is 5.92 Å². The van der Waals surface area contributed by atoms with Crippen LogP contribution >= 0.6 is 0 Å². The van der Waals surface area contributed by atoms with Crippen LogP contribution in [0.5, 0.6) is 5.88 Å². The van der Waals surface area contributed by atoms with Crippen molar-refractivity contribution in [2.45, 2.75) is 45.8 Å². The van der Waals surface area contributed by atoms with Gasteiger partial charge in [-0.05, 0) is 44.4 Å². The molecule has 1 fully saturated rings. The molecule has 0 unspecified atom stereocenters. The van der Waals surface area contributed by atoms with Crippen LogP contribution in [-0.4, -0.2) is 41.1 Å². The van der Waals surface area contributed by atoms with E-state index in [1.165, 1.54) is 6.07 Å². The van der Waals surface area contributed by atoms with Crippen LogP contribution in [-0.2, 0) is 17.8 Å². The van der Waals surface area contributed by atoms with Crippen LogP contribution in [0.4, 0.5) is 13.2 Å². The number of alkyl halides is 3. The minimum Gasteiger partial charge on any atom is -0.468 e. The Bertz CT molecular complexity index is 991. The number of aromatic nitrogens is 2. The number of nitrogens with zero attached hydrogens (tertiary/aromatic N) is 2. The maximum atomic E-state index is 12.7. The normalized spacial score (nSPS) is 13.5. The number of hydrogen-bond donors (Lipinski definition) is 2. The van der Waals surface area contributed by atoms with Gasteiger partial charge in [-0.3, -0.25) is 14.6 Å². The van der Waals surface area contributed by atoms with Gasteiger partial charge < -0.3 is 15.4 Å². The minimum atomic E-state index is -4.44.